The molecule has 2 heterocycles. The first-order valence-corrected chi connectivity index (χ1v) is 13.0. The van der Waals surface area contributed by atoms with Gasteiger partial charge in [0.1, 0.15) is 5.75 Å². The van der Waals surface area contributed by atoms with E-state index >= 15 is 0 Å². The molecule has 0 aliphatic carbocycles. The van der Waals surface area contributed by atoms with Crippen molar-refractivity contribution < 1.29 is 9.53 Å². The quantitative estimate of drug-likeness (QED) is 0.394. The van der Waals surface area contributed by atoms with Gasteiger partial charge in [0.15, 0.2) is 4.80 Å². The lowest BCUT2D eigenvalue weighted by Crippen LogP contribution is -2.40. The van der Waals surface area contributed by atoms with E-state index in [-0.39, 0.29) is 11.5 Å². The average Bonchev–Trinajstić information content (AvgIpc) is 3.22. The van der Waals surface area contributed by atoms with Crippen LogP contribution in [0, 0.1) is 0 Å². The second-order valence-corrected chi connectivity index (χ2v) is 9.74. The summed E-state index contributed by atoms with van der Waals surface area (Å²) in [6.45, 7) is 4.55. The van der Waals surface area contributed by atoms with E-state index in [1.54, 1.807) is 4.57 Å². The van der Waals surface area contributed by atoms with Crippen molar-refractivity contribution in [2.45, 2.75) is 26.3 Å². The van der Waals surface area contributed by atoms with Gasteiger partial charge in [-0.3, -0.25) is 14.2 Å². The van der Waals surface area contributed by atoms with Gasteiger partial charge in [-0.25, -0.2) is 4.99 Å². The highest BCUT2D eigenvalue weighted by Gasteiger charge is 2.32. The molecule has 0 radical (unpaired) electrons. The molecule has 1 aliphatic rings. The van der Waals surface area contributed by atoms with E-state index < -0.39 is 6.04 Å². The van der Waals surface area contributed by atoms with Crippen LogP contribution in [0.2, 0.25) is 0 Å². The summed E-state index contributed by atoms with van der Waals surface area (Å²) < 4.78 is 7.86. The summed E-state index contributed by atoms with van der Waals surface area (Å²) >= 11 is 1.33. The Balaban J connectivity index is 1.58. The lowest BCUT2D eigenvalue weighted by atomic mass is 9.95. The number of anilines is 1. The molecule has 37 heavy (non-hydrogen) atoms. The number of ether oxygens (including phenoxy) is 1. The normalized spacial score (nSPS) is 15.2. The second-order valence-electron chi connectivity index (χ2n) is 8.73. The smallest absolute Gasteiger partial charge is 0.271 e. The molecule has 0 spiro atoms. The van der Waals surface area contributed by atoms with Crippen LogP contribution in [0.25, 0.3) is 6.08 Å². The molecule has 0 fully saturated rings. The zero-order valence-corrected chi connectivity index (χ0v) is 21.5. The molecule has 186 valence electrons. The third kappa shape index (κ3) is 5.17. The van der Waals surface area contributed by atoms with Crippen molar-refractivity contribution in [3.8, 4) is 5.75 Å². The van der Waals surface area contributed by atoms with Crippen LogP contribution in [0.4, 0.5) is 5.69 Å². The summed E-state index contributed by atoms with van der Waals surface area (Å²) in [7, 11) is 0. The Morgan fingerprint density at radius 2 is 1.70 bits per heavy atom. The molecular formula is C30H27N3O3S. The van der Waals surface area contributed by atoms with Gasteiger partial charge in [-0.1, -0.05) is 78.9 Å². The van der Waals surface area contributed by atoms with E-state index in [9.17, 15) is 9.59 Å². The van der Waals surface area contributed by atoms with Crippen LogP contribution in [0.15, 0.2) is 106 Å². The fourth-order valence-corrected chi connectivity index (χ4v) is 5.36. The molecule has 4 aromatic rings. The fraction of sp³-hybridized carbons (Fsp3) is 0.167. The zero-order valence-electron chi connectivity index (χ0n) is 20.7. The van der Waals surface area contributed by atoms with Crippen molar-refractivity contribution in [2.24, 2.45) is 4.99 Å². The molecular weight excluding hydrogens is 482 g/mol. The number of hydrogen-bond donors (Lipinski definition) is 1. The third-order valence-corrected chi connectivity index (χ3v) is 7.05. The third-order valence-electron chi connectivity index (χ3n) is 6.06. The molecule has 1 aromatic heterocycles. The van der Waals surface area contributed by atoms with Crippen LogP contribution in [0.1, 0.15) is 37.4 Å². The summed E-state index contributed by atoms with van der Waals surface area (Å²) in [5.41, 5.74) is 3.28. The first-order chi connectivity index (χ1) is 18.0. The van der Waals surface area contributed by atoms with Crippen LogP contribution < -0.4 is 24.9 Å². The minimum Gasteiger partial charge on any atom is -0.494 e. The Morgan fingerprint density at radius 3 is 2.38 bits per heavy atom. The van der Waals surface area contributed by atoms with E-state index in [1.165, 1.54) is 11.3 Å². The maximum atomic E-state index is 13.7. The van der Waals surface area contributed by atoms with Gasteiger partial charge in [-0.15, -0.1) is 0 Å². The van der Waals surface area contributed by atoms with E-state index in [0.717, 1.165) is 23.3 Å². The molecule has 7 heteroatoms. The predicted octanol–water partition coefficient (Wildman–Crippen LogP) is 4.66. The Kier molecular flexibility index (Phi) is 7.14. The molecule has 0 saturated carbocycles. The summed E-state index contributed by atoms with van der Waals surface area (Å²) in [6, 6.07) is 26.0. The van der Waals surface area contributed by atoms with Gasteiger partial charge in [0.05, 0.1) is 28.5 Å². The highest BCUT2D eigenvalue weighted by molar-refractivity contribution is 7.07. The van der Waals surface area contributed by atoms with Crippen LogP contribution >= 0.6 is 11.3 Å². The van der Waals surface area contributed by atoms with Crippen LogP contribution in [0.5, 0.6) is 5.75 Å². The van der Waals surface area contributed by atoms with Crippen molar-refractivity contribution in [2.75, 3.05) is 11.9 Å². The van der Waals surface area contributed by atoms with Crippen LogP contribution in [-0.2, 0) is 4.79 Å². The number of amides is 1. The number of nitrogens with zero attached hydrogens (tertiary/aromatic N) is 2. The SMILES string of the molecule is CCCOc1ccc(/C=c2\sc3n(c2=O)[C@@H](c2ccccc2)C(C(=O)Nc2ccccc2)=C(C)N=3)cc1. The average molecular weight is 510 g/mol. The first kappa shape index (κ1) is 24.5. The highest BCUT2D eigenvalue weighted by Crippen LogP contribution is 2.30. The standard InChI is InChI=1S/C30H27N3O3S/c1-3-18-36-24-16-14-21(15-17-24)19-25-29(35)33-27(22-10-6-4-7-11-22)26(20(2)31-30(33)37-25)28(34)32-23-12-8-5-9-13-23/h4-17,19,27H,3,18H2,1-2H3,(H,32,34)/b25-19-/t27-/m0/s1. The molecule has 6 nitrogen and oxygen atoms in total. The number of carbonyl (C=O) groups excluding carboxylic acids is 1. The van der Waals surface area contributed by atoms with Crippen molar-refractivity contribution in [3.05, 3.63) is 127 Å². The van der Waals surface area contributed by atoms with Crippen molar-refractivity contribution >= 4 is 29.0 Å². The Bertz CT molecular complexity index is 1620. The van der Waals surface area contributed by atoms with E-state index in [4.69, 9.17) is 9.73 Å². The summed E-state index contributed by atoms with van der Waals surface area (Å²) in [5, 5.41) is 2.97. The molecule has 1 N–H and O–H groups in total. The molecule has 3 aromatic carbocycles. The van der Waals surface area contributed by atoms with Gasteiger partial charge in [0, 0.05) is 5.69 Å². The molecule has 0 unspecified atom stereocenters. The number of carbonyl (C=O) groups is 1. The van der Waals surface area contributed by atoms with Crippen LogP contribution in [-0.4, -0.2) is 17.1 Å². The number of para-hydroxylation sites is 1. The largest absolute Gasteiger partial charge is 0.494 e. The first-order valence-electron chi connectivity index (χ1n) is 12.2. The lowest BCUT2D eigenvalue weighted by molar-refractivity contribution is -0.113. The number of thiazole rings is 1. The maximum Gasteiger partial charge on any atom is 0.271 e. The van der Waals surface area contributed by atoms with Crippen LogP contribution in [0.3, 0.4) is 0 Å². The summed E-state index contributed by atoms with van der Waals surface area (Å²) in [6.07, 6.45) is 2.80. The monoisotopic (exact) mass is 509 g/mol. The number of fused-ring (bicyclic) bond motifs is 1. The minimum absolute atomic E-state index is 0.179. The molecule has 1 amide bonds. The maximum absolute atomic E-state index is 13.7. The lowest BCUT2D eigenvalue weighted by Gasteiger charge is -2.25. The Morgan fingerprint density at radius 1 is 1.03 bits per heavy atom. The van der Waals surface area contributed by atoms with E-state index in [2.05, 4.69) is 12.2 Å². The minimum atomic E-state index is -0.590. The summed E-state index contributed by atoms with van der Waals surface area (Å²) in [4.78, 5) is 32.5. The molecule has 0 saturated heterocycles. The number of aromatic nitrogens is 1. The van der Waals surface area contributed by atoms with Gasteiger partial charge in [0.2, 0.25) is 0 Å². The zero-order chi connectivity index (χ0) is 25.8. The predicted molar refractivity (Wildman–Crippen MR) is 148 cm³/mol. The number of allylic oxidation sites excluding steroid dienone is 1. The fourth-order valence-electron chi connectivity index (χ4n) is 4.31. The van der Waals surface area contributed by atoms with Gasteiger partial charge in [-0.05, 0) is 54.8 Å². The number of nitrogens with one attached hydrogen (secondary N) is 1. The Hall–Kier alpha value is -4.23. The van der Waals surface area contributed by atoms with E-state index in [0.29, 0.717) is 32.9 Å². The number of rotatable bonds is 7. The molecule has 1 aliphatic heterocycles. The second kappa shape index (κ2) is 10.8. The van der Waals surface area contributed by atoms with Gasteiger partial charge >= 0.3 is 0 Å². The molecule has 5 rings (SSSR count). The topological polar surface area (TPSA) is 72.7 Å². The Labute approximate surface area is 218 Å². The van der Waals surface area contributed by atoms with Gasteiger partial charge in [0.25, 0.3) is 11.5 Å². The van der Waals surface area contributed by atoms with E-state index in [1.807, 2.05) is 97.9 Å². The van der Waals surface area contributed by atoms with Crippen molar-refractivity contribution in [3.63, 3.8) is 0 Å². The van der Waals surface area contributed by atoms with Gasteiger partial charge < -0.3 is 10.1 Å². The van der Waals surface area contributed by atoms with Gasteiger partial charge in [-0.2, -0.15) is 0 Å². The molecule has 1 atom stereocenters. The number of hydrogen-bond acceptors (Lipinski definition) is 5. The summed E-state index contributed by atoms with van der Waals surface area (Å²) in [5.74, 6) is 0.521. The van der Waals surface area contributed by atoms with Crippen molar-refractivity contribution in [1.82, 2.24) is 4.57 Å². The highest BCUT2D eigenvalue weighted by atomic mass is 32.1. The molecule has 0 bridgehead atoms. The number of benzene rings is 3. The van der Waals surface area contributed by atoms with Crippen molar-refractivity contribution in [1.29, 1.82) is 0 Å².